The lowest BCUT2D eigenvalue weighted by Crippen LogP contribution is -2.48. The fourth-order valence-corrected chi connectivity index (χ4v) is 5.91. The van der Waals surface area contributed by atoms with Crippen LogP contribution in [-0.2, 0) is 0 Å². The molecule has 0 heterocycles. The molecule has 0 amide bonds. The van der Waals surface area contributed by atoms with Crippen LogP contribution in [0.4, 0.5) is 0 Å². The SMILES string of the molecule is CC1CC(C)C(C)C(C2C(C)C(C)CC(C)C2C)C1C. The van der Waals surface area contributed by atoms with Gasteiger partial charge in [-0.15, -0.1) is 0 Å². The Hall–Kier alpha value is 0. The first kappa shape index (κ1) is 16.4. The van der Waals surface area contributed by atoms with Gasteiger partial charge in [0, 0.05) is 0 Å². The van der Waals surface area contributed by atoms with Gasteiger partial charge in [0.15, 0.2) is 0 Å². The van der Waals surface area contributed by atoms with E-state index in [-0.39, 0.29) is 0 Å². The van der Waals surface area contributed by atoms with Crippen molar-refractivity contribution in [1.29, 1.82) is 0 Å². The molecule has 0 saturated heterocycles. The Morgan fingerprint density at radius 3 is 0.800 bits per heavy atom. The van der Waals surface area contributed by atoms with Gasteiger partial charge in [0.2, 0.25) is 0 Å². The minimum Gasteiger partial charge on any atom is -0.0622 e. The van der Waals surface area contributed by atoms with Crippen LogP contribution in [0.15, 0.2) is 0 Å². The molecule has 0 spiro atoms. The standard InChI is InChI=1S/C20H38/c1-11-9-12(2)16(6)19(15(11)5)20-17(7)13(3)10-14(4)18(20)8/h11-20H,9-10H2,1-8H3. The van der Waals surface area contributed by atoms with Crippen LogP contribution >= 0.6 is 0 Å². The summed E-state index contributed by atoms with van der Waals surface area (Å²) in [5.41, 5.74) is 0. The lowest BCUT2D eigenvalue weighted by molar-refractivity contribution is -0.0560. The molecule has 2 fully saturated rings. The van der Waals surface area contributed by atoms with Gasteiger partial charge in [-0.25, -0.2) is 0 Å². The Kier molecular flexibility index (Phi) is 4.92. The molecule has 0 nitrogen and oxygen atoms in total. The van der Waals surface area contributed by atoms with E-state index >= 15 is 0 Å². The van der Waals surface area contributed by atoms with E-state index in [1.54, 1.807) is 0 Å². The first-order valence-corrected chi connectivity index (χ1v) is 9.25. The number of hydrogen-bond donors (Lipinski definition) is 0. The van der Waals surface area contributed by atoms with Crippen molar-refractivity contribution in [2.75, 3.05) is 0 Å². The molecule has 0 heteroatoms. The van der Waals surface area contributed by atoms with Crippen molar-refractivity contribution >= 4 is 0 Å². The van der Waals surface area contributed by atoms with E-state index < -0.39 is 0 Å². The van der Waals surface area contributed by atoms with Crippen molar-refractivity contribution < 1.29 is 0 Å². The molecule has 2 rings (SSSR count). The fraction of sp³-hybridized carbons (Fsp3) is 1.00. The summed E-state index contributed by atoms with van der Waals surface area (Å²) in [5, 5.41) is 0. The summed E-state index contributed by atoms with van der Waals surface area (Å²) in [5.74, 6) is 9.20. The highest BCUT2D eigenvalue weighted by molar-refractivity contribution is 4.96. The summed E-state index contributed by atoms with van der Waals surface area (Å²) in [6.45, 7) is 20.2. The van der Waals surface area contributed by atoms with E-state index in [1.165, 1.54) is 12.8 Å². The lowest BCUT2D eigenvalue weighted by atomic mass is 9.51. The molecule has 2 aliphatic carbocycles. The summed E-state index contributed by atoms with van der Waals surface area (Å²) in [4.78, 5) is 0. The van der Waals surface area contributed by atoms with Gasteiger partial charge in [-0.2, -0.15) is 0 Å². The zero-order valence-electron chi connectivity index (χ0n) is 15.2. The van der Waals surface area contributed by atoms with Gasteiger partial charge in [-0.1, -0.05) is 55.4 Å². The van der Waals surface area contributed by atoms with Crippen molar-refractivity contribution in [3.63, 3.8) is 0 Å². The van der Waals surface area contributed by atoms with Crippen LogP contribution in [0.25, 0.3) is 0 Å². The Balaban J connectivity index is 2.29. The second-order valence-corrected chi connectivity index (χ2v) is 8.97. The summed E-state index contributed by atoms with van der Waals surface area (Å²) >= 11 is 0. The maximum Gasteiger partial charge on any atom is -0.0324 e. The van der Waals surface area contributed by atoms with Crippen molar-refractivity contribution in [2.24, 2.45) is 59.2 Å². The van der Waals surface area contributed by atoms with E-state index in [0.29, 0.717) is 0 Å². The second kappa shape index (κ2) is 6.01. The molecule has 8 unspecified atom stereocenters. The lowest BCUT2D eigenvalue weighted by Gasteiger charge is -2.54. The molecular formula is C20H38. The Labute approximate surface area is 128 Å². The predicted octanol–water partition coefficient (Wildman–Crippen LogP) is 6.12. The third-order valence-electron chi connectivity index (χ3n) is 7.95. The maximum atomic E-state index is 2.56. The van der Waals surface area contributed by atoms with Gasteiger partial charge in [-0.05, 0) is 72.0 Å². The molecule has 0 N–H and O–H groups in total. The molecule has 20 heavy (non-hydrogen) atoms. The topological polar surface area (TPSA) is 0 Å². The molecule has 2 saturated carbocycles. The molecule has 118 valence electrons. The average molecular weight is 279 g/mol. The normalized spacial score (nSPS) is 57.6. The zero-order chi connectivity index (χ0) is 15.2. The number of rotatable bonds is 1. The van der Waals surface area contributed by atoms with Crippen molar-refractivity contribution in [2.45, 2.75) is 68.2 Å². The second-order valence-electron chi connectivity index (χ2n) is 8.97. The van der Waals surface area contributed by atoms with E-state index in [9.17, 15) is 0 Å². The average Bonchev–Trinajstić information content (AvgIpc) is 2.38. The van der Waals surface area contributed by atoms with E-state index in [1.807, 2.05) is 0 Å². The van der Waals surface area contributed by atoms with Gasteiger partial charge in [0.25, 0.3) is 0 Å². The Morgan fingerprint density at radius 1 is 0.400 bits per heavy atom. The first-order valence-electron chi connectivity index (χ1n) is 9.25. The van der Waals surface area contributed by atoms with Crippen LogP contribution in [0.3, 0.4) is 0 Å². The fourth-order valence-electron chi connectivity index (χ4n) is 5.91. The minimum absolute atomic E-state index is 0.911. The molecule has 0 aromatic rings. The summed E-state index contributed by atoms with van der Waals surface area (Å²) in [7, 11) is 0. The zero-order valence-corrected chi connectivity index (χ0v) is 15.2. The van der Waals surface area contributed by atoms with E-state index in [4.69, 9.17) is 0 Å². The van der Waals surface area contributed by atoms with Crippen LogP contribution in [0.5, 0.6) is 0 Å². The van der Waals surface area contributed by atoms with Crippen molar-refractivity contribution in [3.8, 4) is 0 Å². The smallest absolute Gasteiger partial charge is 0.0324 e. The molecule has 0 aliphatic heterocycles. The first-order chi connectivity index (χ1) is 9.25. The Bertz CT molecular complexity index is 260. The van der Waals surface area contributed by atoms with Gasteiger partial charge in [0.1, 0.15) is 0 Å². The molecule has 0 radical (unpaired) electrons. The van der Waals surface area contributed by atoms with E-state index in [0.717, 1.165) is 59.2 Å². The largest absolute Gasteiger partial charge is 0.0622 e. The minimum atomic E-state index is 0.911. The monoisotopic (exact) mass is 278 g/mol. The summed E-state index contributed by atoms with van der Waals surface area (Å²) in [6, 6.07) is 0. The van der Waals surface area contributed by atoms with Crippen LogP contribution in [0.2, 0.25) is 0 Å². The highest BCUT2D eigenvalue weighted by Crippen LogP contribution is 2.54. The van der Waals surface area contributed by atoms with Crippen molar-refractivity contribution in [3.05, 3.63) is 0 Å². The number of hydrogen-bond acceptors (Lipinski definition) is 0. The van der Waals surface area contributed by atoms with Gasteiger partial charge >= 0.3 is 0 Å². The summed E-state index contributed by atoms with van der Waals surface area (Å²) < 4.78 is 0. The van der Waals surface area contributed by atoms with Crippen LogP contribution in [0, 0.1) is 59.2 Å². The highest BCUT2D eigenvalue weighted by Gasteiger charge is 2.47. The molecular weight excluding hydrogens is 240 g/mol. The van der Waals surface area contributed by atoms with Gasteiger partial charge < -0.3 is 0 Å². The molecule has 0 aromatic carbocycles. The molecule has 8 atom stereocenters. The van der Waals surface area contributed by atoms with Crippen molar-refractivity contribution in [1.82, 2.24) is 0 Å². The predicted molar refractivity (Wildman–Crippen MR) is 89.5 cm³/mol. The highest BCUT2D eigenvalue weighted by atomic mass is 14.5. The third kappa shape index (κ3) is 2.69. The molecule has 2 aliphatic rings. The molecule has 0 bridgehead atoms. The van der Waals surface area contributed by atoms with Crippen LogP contribution in [0.1, 0.15) is 68.2 Å². The van der Waals surface area contributed by atoms with Crippen LogP contribution < -0.4 is 0 Å². The Morgan fingerprint density at radius 2 is 0.600 bits per heavy atom. The quantitative estimate of drug-likeness (QED) is 0.542. The third-order valence-corrected chi connectivity index (χ3v) is 7.95. The summed E-state index contributed by atoms with van der Waals surface area (Å²) in [6.07, 6.45) is 2.89. The van der Waals surface area contributed by atoms with Gasteiger partial charge in [0.05, 0.1) is 0 Å². The van der Waals surface area contributed by atoms with Crippen LogP contribution in [-0.4, -0.2) is 0 Å². The molecule has 0 aromatic heterocycles. The van der Waals surface area contributed by atoms with E-state index in [2.05, 4.69) is 55.4 Å². The van der Waals surface area contributed by atoms with Gasteiger partial charge in [-0.3, -0.25) is 0 Å². The maximum absolute atomic E-state index is 2.56.